The first-order valence-electron chi connectivity index (χ1n) is 8.60. The number of para-hydroxylation sites is 1. The van der Waals surface area contributed by atoms with E-state index in [-0.39, 0.29) is 12.5 Å². The molecule has 0 atom stereocenters. The molecule has 0 aromatic heterocycles. The molecule has 0 aliphatic carbocycles. The molecule has 2 aromatic rings. The van der Waals surface area contributed by atoms with Crippen LogP contribution in [-0.4, -0.2) is 25.6 Å². The zero-order valence-electron chi connectivity index (χ0n) is 13.9. The van der Waals surface area contributed by atoms with Crippen LogP contribution in [0.2, 0.25) is 0 Å². The molecule has 0 bridgehead atoms. The summed E-state index contributed by atoms with van der Waals surface area (Å²) in [5.74, 6) is 0.595. The van der Waals surface area contributed by atoms with E-state index in [0.29, 0.717) is 12.3 Å². The first-order valence-corrected chi connectivity index (χ1v) is 8.60. The summed E-state index contributed by atoms with van der Waals surface area (Å²) in [7, 11) is 0. The highest BCUT2D eigenvalue weighted by Gasteiger charge is 2.10. The van der Waals surface area contributed by atoms with E-state index in [1.54, 1.807) is 0 Å². The first kappa shape index (κ1) is 16.4. The van der Waals surface area contributed by atoms with Crippen molar-refractivity contribution in [1.29, 1.82) is 0 Å². The summed E-state index contributed by atoms with van der Waals surface area (Å²) in [4.78, 5) is 14.3. The van der Waals surface area contributed by atoms with Gasteiger partial charge < -0.3 is 15.0 Å². The van der Waals surface area contributed by atoms with E-state index in [4.69, 9.17) is 4.74 Å². The minimum absolute atomic E-state index is 0.0376. The number of carbonyl (C=O) groups excluding carboxylic acids is 1. The summed E-state index contributed by atoms with van der Waals surface area (Å²) >= 11 is 0. The molecule has 24 heavy (non-hydrogen) atoms. The number of carbonyl (C=O) groups is 1. The number of nitrogens with one attached hydrogen (secondary N) is 1. The van der Waals surface area contributed by atoms with Crippen molar-refractivity contribution in [2.24, 2.45) is 0 Å². The van der Waals surface area contributed by atoms with Crippen molar-refractivity contribution in [3.05, 3.63) is 60.2 Å². The second kappa shape index (κ2) is 8.39. The molecule has 0 saturated carbocycles. The van der Waals surface area contributed by atoms with Gasteiger partial charge in [0.2, 0.25) is 0 Å². The molecular weight excluding hydrogens is 300 g/mol. The smallest absolute Gasteiger partial charge is 0.258 e. The zero-order valence-corrected chi connectivity index (χ0v) is 13.9. The van der Waals surface area contributed by atoms with Crippen molar-refractivity contribution in [3.8, 4) is 5.75 Å². The summed E-state index contributed by atoms with van der Waals surface area (Å²) in [5.41, 5.74) is 2.38. The fourth-order valence-electron chi connectivity index (χ4n) is 2.89. The van der Waals surface area contributed by atoms with E-state index in [9.17, 15) is 4.79 Å². The predicted octanol–water partition coefficient (Wildman–Crippen LogP) is 3.37. The van der Waals surface area contributed by atoms with Gasteiger partial charge in [-0.25, -0.2) is 0 Å². The van der Waals surface area contributed by atoms with Gasteiger partial charge in [-0.15, -0.1) is 0 Å². The maximum atomic E-state index is 11.9. The third-order valence-electron chi connectivity index (χ3n) is 4.26. The topological polar surface area (TPSA) is 41.6 Å². The Kier molecular flexibility index (Phi) is 5.72. The molecular formula is C20H24N2O2. The van der Waals surface area contributed by atoms with Gasteiger partial charge >= 0.3 is 0 Å². The molecule has 0 radical (unpaired) electrons. The Labute approximate surface area is 143 Å². The van der Waals surface area contributed by atoms with Crippen LogP contribution in [0.3, 0.4) is 0 Å². The van der Waals surface area contributed by atoms with Crippen LogP contribution in [0.15, 0.2) is 54.6 Å². The Morgan fingerprint density at radius 3 is 2.38 bits per heavy atom. The fourth-order valence-corrected chi connectivity index (χ4v) is 2.89. The summed E-state index contributed by atoms with van der Waals surface area (Å²) < 4.78 is 5.44. The van der Waals surface area contributed by atoms with E-state index in [1.807, 2.05) is 30.3 Å². The molecule has 4 heteroatoms. The highest BCUT2D eigenvalue weighted by Crippen LogP contribution is 2.20. The SMILES string of the molecule is O=C(COc1ccccc1)NCc1ccc(N2CCCCC2)cc1. The van der Waals surface area contributed by atoms with Crippen LogP contribution in [0.5, 0.6) is 5.75 Å². The Morgan fingerprint density at radius 2 is 1.67 bits per heavy atom. The summed E-state index contributed by atoms with van der Waals surface area (Å²) in [6.07, 6.45) is 3.89. The molecule has 0 spiro atoms. The molecule has 1 aliphatic rings. The van der Waals surface area contributed by atoms with Gasteiger partial charge in [0.05, 0.1) is 0 Å². The fraction of sp³-hybridized carbons (Fsp3) is 0.350. The van der Waals surface area contributed by atoms with Gasteiger partial charge in [-0.2, -0.15) is 0 Å². The Hall–Kier alpha value is -2.49. The minimum atomic E-state index is -0.112. The van der Waals surface area contributed by atoms with E-state index in [1.165, 1.54) is 24.9 Å². The van der Waals surface area contributed by atoms with Crippen molar-refractivity contribution in [2.45, 2.75) is 25.8 Å². The van der Waals surface area contributed by atoms with Crippen molar-refractivity contribution in [3.63, 3.8) is 0 Å². The van der Waals surface area contributed by atoms with Gasteiger partial charge in [0.15, 0.2) is 6.61 Å². The largest absolute Gasteiger partial charge is 0.484 e. The standard InChI is InChI=1S/C20H24N2O2/c23-20(16-24-19-7-3-1-4-8-19)21-15-17-9-11-18(12-10-17)22-13-5-2-6-14-22/h1,3-4,7-12H,2,5-6,13-16H2,(H,21,23). The maximum absolute atomic E-state index is 11.9. The Bertz CT molecular complexity index is 634. The van der Waals surface area contributed by atoms with Crippen molar-refractivity contribution in [2.75, 3.05) is 24.6 Å². The number of nitrogens with zero attached hydrogens (tertiary/aromatic N) is 1. The molecule has 1 amide bonds. The molecule has 1 saturated heterocycles. The second-order valence-electron chi connectivity index (χ2n) is 6.09. The third-order valence-corrected chi connectivity index (χ3v) is 4.26. The molecule has 126 valence electrons. The lowest BCUT2D eigenvalue weighted by Crippen LogP contribution is -2.29. The number of anilines is 1. The molecule has 0 unspecified atom stereocenters. The van der Waals surface area contributed by atoms with Crippen LogP contribution >= 0.6 is 0 Å². The van der Waals surface area contributed by atoms with Crippen LogP contribution in [0.25, 0.3) is 0 Å². The van der Waals surface area contributed by atoms with Crippen LogP contribution in [0, 0.1) is 0 Å². The highest BCUT2D eigenvalue weighted by atomic mass is 16.5. The highest BCUT2D eigenvalue weighted by molar-refractivity contribution is 5.77. The quantitative estimate of drug-likeness (QED) is 0.886. The van der Waals surface area contributed by atoms with E-state index in [2.05, 4.69) is 34.5 Å². The lowest BCUT2D eigenvalue weighted by Gasteiger charge is -2.28. The van der Waals surface area contributed by atoms with Crippen LogP contribution < -0.4 is 15.0 Å². The molecule has 1 N–H and O–H groups in total. The molecule has 1 aliphatic heterocycles. The average Bonchev–Trinajstić information content (AvgIpc) is 2.67. The number of piperidine rings is 1. The molecule has 2 aromatic carbocycles. The molecule has 4 nitrogen and oxygen atoms in total. The van der Waals surface area contributed by atoms with Crippen molar-refractivity contribution >= 4 is 11.6 Å². The monoisotopic (exact) mass is 324 g/mol. The summed E-state index contributed by atoms with van der Waals surface area (Å²) in [5, 5.41) is 2.89. The van der Waals surface area contributed by atoms with Gasteiger partial charge in [0.1, 0.15) is 5.75 Å². The van der Waals surface area contributed by atoms with Gasteiger partial charge in [-0.05, 0) is 49.1 Å². The Morgan fingerprint density at radius 1 is 0.958 bits per heavy atom. The average molecular weight is 324 g/mol. The van der Waals surface area contributed by atoms with Crippen LogP contribution in [-0.2, 0) is 11.3 Å². The predicted molar refractivity (Wildman–Crippen MR) is 96.3 cm³/mol. The zero-order chi connectivity index (χ0) is 16.6. The van der Waals surface area contributed by atoms with Crippen molar-refractivity contribution in [1.82, 2.24) is 5.32 Å². The number of benzene rings is 2. The Balaban J connectivity index is 1.43. The van der Waals surface area contributed by atoms with Gasteiger partial charge in [-0.1, -0.05) is 30.3 Å². The number of rotatable bonds is 6. The summed E-state index contributed by atoms with van der Waals surface area (Å²) in [6.45, 7) is 2.85. The van der Waals surface area contributed by atoms with E-state index >= 15 is 0 Å². The molecule has 1 fully saturated rings. The molecule has 1 heterocycles. The van der Waals surface area contributed by atoms with Gasteiger partial charge in [0.25, 0.3) is 5.91 Å². The number of hydrogen-bond donors (Lipinski definition) is 1. The number of ether oxygens (including phenoxy) is 1. The lowest BCUT2D eigenvalue weighted by molar-refractivity contribution is -0.123. The molecule has 3 rings (SSSR count). The number of hydrogen-bond acceptors (Lipinski definition) is 3. The second-order valence-corrected chi connectivity index (χ2v) is 6.09. The van der Waals surface area contributed by atoms with E-state index in [0.717, 1.165) is 18.7 Å². The van der Waals surface area contributed by atoms with Gasteiger partial charge in [0, 0.05) is 25.3 Å². The van der Waals surface area contributed by atoms with Crippen molar-refractivity contribution < 1.29 is 9.53 Å². The first-order chi connectivity index (χ1) is 11.8. The maximum Gasteiger partial charge on any atom is 0.258 e. The number of amides is 1. The lowest BCUT2D eigenvalue weighted by atomic mass is 10.1. The minimum Gasteiger partial charge on any atom is -0.484 e. The summed E-state index contributed by atoms with van der Waals surface area (Å²) in [6, 6.07) is 17.8. The van der Waals surface area contributed by atoms with Crippen LogP contribution in [0.1, 0.15) is 24.8 Å². The normalized spacial score (nSPS) is 14.2. The third kappa shape index (κ3) is 4.75. The van der Waals surface area contributed by atoms with Crippen LogP contribution in [0.4, 0.5) is 5.69 Å². The van der Waals surface area contributed by atoms with E-state index < -0.39 is 0 Å². The van der Waals surface area contributed by atoms with Gasteiger partial charge in [-0.3, -0.25) is 4.79 Å².